The van der Waals surface area contributed by atoms with Crippen LogP contribution in [0.2, 0.25) is 0 Å². The molecule has 0 bridgehead atoms. The van der Waals surface area contributed by atoms with Gasteiger partial charge in [-0.25, -0.2) is 0 Å². The highest BCUT2D eigenvalue weighted by Gasteiger charge is 2.30. The predicted molar refractivity (Wildman–Crippen MR) is 41.4 cm³/mol. The quantitative estimate of drug-likeness (QED) is 0.677. The van der Waals surface area contributed by atoms with E-state index in [0.717, 1.165) is 0 Å². The molecule has 5 heteroatoms. The molecule has 0 heterocycles. The third-order valence-corrected chi connectivity index (χ3v) is 1.45. The third kappa shape index (κ3) is 6.57. The van der Waals surface area contributed by atoms with E-state index in [1.165, 1.54) is 6.92 Å². The van der Waals surface area contributed by atoms with E-state index in [4.69, 9.17) is 0 Å². The van der Waals surface area contributed by atoms with Crippen LogP contribution in [0.15, 0.2) is 0 Å². The summed E-state index contributed by atoms with van der Waals surface area (Å²) in [7, 11) is 0. The van der Waals surface area contributed by atoms with Gasteiger partial charge in [-0.1, -0.05) is 13.3 Å². The SMILES string of the molecule is CCC[C@@H](OCC(F)(F)F)C(C)=O. The molecule has 78 valence electrons. The highest BCUT2D eigenvalue weighted by Crippen LogP contribution is 2.16. The number of hydrogen-bond donors (Lipinski definition) is 0. The lowest BCUT2D eigenvalue weighted by Crippen LogP contribution is -2.27. The van der Waals surface area contributed by atoms with Crippen molar-refractivity contribution in [2.75, 3.05) is 6.61 Å². The van der Waals surface area contributed by atoms with E-state index in [-0.39, 0.29) is 5.78 Å². The average Bonchev–Trinajstić information content (AvgIpc) is 1.95. The van der Waals surface area contributed by atoms with Gasteiger partial charge in [0.25, 0.3) is 0 Å². The third-order valence-electron chi connectivity index (χ3n) is 1.45. The van der Waals surface area contributed by atoms with Crippen molar-refractivity contribution in [3.05, 3.63) is 0 Å². The van der Waals surface area contributed by atoms with Crippen LogP contribution in [-0.4, -0.2) is 24.7 Å². The zero-order chi connectivity index (χ0) is 10.5. The fourth-order valence-electron chi connectivity index (χ4n) is 0.861. The number of carbonyl (C=O) groups is 1. The Morgan fingerprint density at radius 2 is 2.00 bits per heavy atom. The number of ether oxygens (including phenoxy) is 1. The van der Waals surface area contributed by atoms with Gasteiger partial charge in [-0.05, 0) is 13.3 Å². The van der Waals surface area contributed by atoms with E-state index < -0.39 is 18.9 Å². The van der Waals surface area contributed by atoms with Crippen molar-refractivity contribution in [2.45, 2.75) is 39.0 Å². The van der Waals surface area contributed by atoms with Crippen LogP contribution in [-0.2, 0) is 9.53 Å². The Morgan fingerprint density at radius 1 is 1.46 bits per heavy atom. The van der Waals surface area contributed by atoms with Gasteiger partial charge in [-0.15, -0.1) is 0 Å². The van der Waals surface area contributed by atoms with Gasteiger partial charge in [0.05, 0.1) is 0 Å². The standard InChI is InChI=1S/C8H13F3O2/c1-3-4-7(6(2)12)13-5-8(9,10)11/h7H,3-5H2,1-2H3/t7-/m1/s1. The van der Waals surface area contributed by atoms with E-state index in [2.05, 4.69) is 4.74 Å². The van der Waals surface area contributed by atoms with Crippen molar-refractivity contribution in [1.82, 2.24) is 0 Å². The lowest BCUT2D eigenvalue weighted by atomic mass is 10.1. The van der Waals surface area contributed by atoms with Crippen molar-refractivity contribution in [1.29, 1.82) is 0 Å². The zero-order valence-electron chi connectivity index (χ0n) is 7.65. The molecule has 0 aromatic heterocycles. The monoisotopic (exact) mass is 198 g/mol. The average molecular weight is 198 g/mol. The Hall–Kier alpha value is -0.580. The van der Waals surface area contributed by atoms with Crippen LogP contribution >= 0.6 is 0 Å². The first kappa shape index (κ1) is 12.4. The first-order valence-electron chi connectivity index (χ1n) is 4.05. The molecule has 0 amide bonds. The highest BCUT2D eigenvalue weighted by atomic mass is 19.4. The maximum atomic E-state index is 11.7. The number of Topliss-reactive ketones (excluding diaryl/α,β-unsaturated/α-hetero) is 1. The molecule has 2 nitrogen and oxygen atoms in total. The van der Waals surface area contributed by atoms with Crippen LogP contribution in [0.3, 0.4) is 0 Å². The minimum absolute atomic E-state index is 0.339. The van der Waals surface area contributed by atoms with Crippen LogP contribution in [0, 0.1) is 0 Å². The number of carbonyl (C=O) groups excluding carboxylic acids is 1. The first-order valence-corrected chi connectivity index (χ1v) is 4.05. The summed E-state index contributed by atoms with van der Waals surface area (Å²) in [5.74, 6) is -0.355. The second-order valence-corrected chi connectivity index (χ2v) is 2.81. The largest absolute Gasteiger partial charge is 0.411 e. The molecule has 0 N–H and O–H groups in total. The van der Waals surface area contributed by atoms with Crippen LogP contribution in [0.25, 0.3) is 0 Å². The van der Waals surface area contributed by atoms with E-state index in [1.54, 1.807) is 6.92 Å². The molecule has 0 aliphatic carbocycles. The van der Waals surface area contributed by atoms with Crippen LogP contribution < -0.4 is 0 Å². The Balaban J connectivity index is 3.90. The molecule has 0 rings (SSSR count). The summed E-state index contributed by atoms with van der Waals surface area (Å²) in [6.45, 7) is 1.67. The highest BCUT2D eigenvalue weighted by molar-refractivity contribution is 5.80. The van der Waals surface area contributed by atoms with Crippen LogP contribution in [0.4, 0.5) is 13.2 Å². The molecule has 0 unspecified atom stereocenters. The van der Waals surface area contributed by atoms with Crippen LogP contribution in [0.1, 0.15) is 26.7 Å². The zero-order valence-corrected chi connectivity index (χ0v) is 7.65. The predicted octanol–water partition coefficient (Wildman–Crippen LogP) is 2.32. The summed E-state index contributed by atoms with van der Waals surface area (Å²) >= 11 is 0. The van der Waals surface area contributed by atoms with Gasteiger partial charge in [0, 0.05) is 0 Å². The molecular formula is C8H13F3O2. The number of ketones is 1. The minimum Gasteiger partial charge on any atom is -0.361 e. The topological polar surface area (TPSA) is 26.3 Å². The van der Waals surface area contributed by atoms with Gasteiger partial charge in [0.2, 0.25) is 0 Å². The van der Waals surface area contributed by atoms with E-state index >= 15 is 0 Å². The van der Waals surface area contributed by atoms with Crippen molar-refractivity contribution in [3.8, 4) is 0 Å². The molecular weight excluding hydrogens is 185 g/mol. The Bertz CT molecular complexity index is 165. The fraction of sp³-hybridized carbons (Fsp3) is 0.875. The molecule has 0 fully saturated rings. The van der Waals surface area contributed by atoms with Gasteiger partial charge in [0.1, 0.15) is 12.7 Å². The molecule has 0 aliphatic rings. The van der Waals surface area contributed by atoms with E-state index in [9.17, 15) is 18.0 Å². The van der Waals surface area contributed by atoms with Crippen molar-refractivity contribution < 1.29 is 22.7 Å². The molecule has 0 aliphatic heterocycles. The molecule has 1 atom stereocenters. The Morgan fingerprint density at radius 3 is 2.31 bits per heavy atom. The fourth-order valence-corrected chi connectivity index (χ4v) is 0.861. The number of rotatable bonds is 5. The number of halogens is 3. The molecule has 0 saturated carbocycles. The smallest absolute Gasteiger partial charge is 0.361 e. The molecule has 0 radical (unpaired) electrons. The summed E-state index contributed by atoms with van der Waals surface area (Å²) < 4.78 is 39.5. The number of alkyl halides is 3. The second kappa shape index (κ2) is 5.21. The van der Waals surface area contributed by atoms with Crippen molar-refractivity contribution in [3.63, 3.8) is 0 Å². The lowest BCUT2D eigenvalue weighted by Gasteiger charge is -2.15. The summed E-state index contributed by atoms with van der Waals surface area (Å²) in [6.07, 6.45) is -4.30. The molecule has 0 spiro atoms. The van der Waals surface area contributed by atoms with Gasteiger partial charge >= 0.3 is 6.18 Å². The molecule has 0 saturated heterocycles. The van der Waals surface area contributed by atoms with Gasteiger partial charge in [-0.3, -0.25) is 4.79 Å². The first-order chi connectivity index (χ1) is 5.87. The van der Waals surface area contributed by atoms with E-state index in [0.29, 0.717) is 12.8 Å². The summed E-state index contributed by atoms with van der Waals surface area (Å²) in [5, 5.41) is 0. The normalized spacial score (nSPS) is 14.2. The van der Waals surface area contributed by atoms with Gasteiger partial charge < -0.3 is 4.74 Å². The summed E-state index contributed by atoms with van der Waals surface area (Å²) in [4.78, 5) is 10.8. The summed E-state index contributed by atoms with van der Waals surface area (Å²) in [5.41, 5.74) is 0. The Labute approximate surface area is 75.1 Å². The Kier molecular flexibility index (Phi) is 4.98. The number of hydrogen-bond acceptors (Lipinski definition) is 2. The van der Waals surface area contributed by atoms with E-state index in [1.807, 2.05) is 0 Å². The maximum absolute atomic E-state index is 11.7. The molecule has 0 aromatic rings. The lowest BCUT2D eigenvalue weighted by molar-refractivity contribution is -0.186. The van der Waals surface area contributed by atoms with Crippen LogP contribution in [0.5, 0.6) is 0 Å². The van der Waals surface area contributed by atoms with Crippen molar-refractivity contribution >= 4 is 5.78 Å². The second-order valence-electron chi connectivity index (χ2n) is 2.81. The summed E-state index contributed by atoms with van der Waals surface area (Å²) in [6, 6.07) is 0. The minimum atomic E-state index is -4.36. The van der Waals surface area contributed by atoms with Gasteiger partial charge in [-0.2, -0.15) is 13.2 Å². The molecule has 0 aromatic carbocycles. The molecule has 13 heavy (non-hydrogen) atoms. The van der Waals surface area contributed by atoms with Crippen molar-refractivity contribution in [2.24, 2.45) is 0 Å². The maximum Gasteiger partial charge on any atom is 0.411 e. The van der Waals surface area contributed by atoms with Gasteiger partial charge in [0.15, 0.2) is 5.78 Å².